The molecule has 1 heterocycles. The highest BCUT2D eigenvalue weighted by Crippen LogP contribution is 2.34. The minimum absolute atomic E-state index is 0.281. The highest BCUT2D eigenvalue weighted by atomic mass is 32.1. The monoisotopic (exact) mass is 427 g/mol. The van der Waals surface area contributed by atoms with E-state index in [2.05, 4.69) is 16.0 Å². The van der Waals surface area contributed by atoms with Gasteiger partial charge in [-0.2, -0.15) is 0 Å². The molecule has 2 aromatic carbocycles. The van der Waals surface area contributed by atoms with Crippen LogP contribution < -0.4 is 25.4 Å². The highest BCUT2D eigenvalue weighted by Gasteiger charge is 2.30. The number of rotatable bonds is 7. The number of methoxy groups -OCH3 is 1. The minimum atomic E-state index is -1.09. The number of nitrogens with one attached hydrogen (secondary N) is 3. The number of anilines is 1. The lowest BCUT2D eigenvalue weighted by molar-refractivity contribution is -0.139. The van der Waals surface area contributed by atoms with E-state index in [0.717, 1.165) is 0 Å². The van der Waals surface area contributed by atoms with Crippen molar-refractivity contribution in [1.82, 2.24) is 10.6 Å². The van der Waals surface area contributed by atoms with Crippen molar-refractivity contribution < 1.29 is 24.2 Å². The van der Waals surface area contributed by atoms with Gasteiger partial charge in [0.2, 0.25) is 0 Å². The molecule has 0 aliphatic carbocycles. The van der Waals surface area contributed by atoms with Gasteiger partial charge in [0.05, 0.1) is 18.7 Å². The molecule has 1 amide bonds. The van der Waals surface area contributed by atoms with Crippen LogP contribution >= 0.6 is 12.2 Å². The summed E-state index contributed by atoms with van der Waals surface area (Å²) in [6.07, 6.45) is 0. The van der Waals surface area contributed by atoms with Gasteiger partial charge in [-0.25, -0.2) is 4.79 Å². The Labute approximate surface area is 178 Å². The Bertz CT molecular complexity index is 1010. The van der Waals surface area contributed by atoms with Crippen molar-refractivity contribution in [3.05, 3.63) is 65.4 Å². The molecule has 2 aromatic rings. The van der Waals surface area contributed by atoms with Crippen LogP contribution in [0.15, 0.2) is 59.8 Å². The second-order valence-corrected chi connectivity index (χ2v) is 6.89. The topological polar surface area (TPSA) is 109 Å². The second-order valence-electron chi connectivity index (χ2n) is 6.48. The minimum Gasteiger partial charge on any atom is -0.493 e. The van der Waals surface area contributed by atoms with E-state index in [4.69, 9.17) is 26.8 Å². The summed E-state index contributed by atoms with van der Waals surface area (Å²) in [5.41, 5.74) is 2.47. The summed E-state index contributed by atoms with van der Waals surface area (Å²) in [6.45, 7) is 1.29. The maximum atomic E-state index is 13.1. The molecule has 0 saturated heterocycles. The number of aliphatic carboxylic acids is 1. The van der Waals surface area contributed by atoms with E-state index in [1.807, 2.05) is 18.2 Å². The predicted molar refractivity (Wildman–Crippen MR) is 116 cm³/mol. The molecule has 0 fully saturated rings. The molecule has 1 aliphatic heterocycles. The number of allylic oxidation sites excluding steroid dienone is 1. The number of para-hydroxylation sites is 1. The summed E-state index contributed by atoms with van der Waals surface area (Å²) < 4.78 is 10.6. The largest absolute Gasteiger partial charge is 0.493 e. The molecule has 4 N–H and O–H groups in total. The van der Waals surface area contributed by atoms with E-state index in [-0.39, 0.29) is 11.7 Å². The number of carboxylic acid groups (broad SMARTS) is 1. The van der Waals surface area contributed by atoms with Gasteiger partial charge >= 0.3 is 5.97 Å². The predicted octanol–water partition coefficient (Wildman–Crippen LogP) is 2.59. The molecular weight excluding hydrogens is 406 g/mol. The van der Waals surface area contributed by atoms with E-state index in [9.17, 15) is 9.59 Å². The zero-order chi connectivity index (χ0) is 21.7. The Morgan fingerprint density at radius 1 is 1.17 bits per heavy atom. The number of amides is 1. The van der Waals surface area contributed by atoms with Crippen LogP contribution in [0, 0.1) is 0 Å². The standard InChI is InChI=1S/C21H21N3O5S/c1-12-18(20(27)23-14-6-4-3-5-7-14)19(24-21(30)22-12)13-8-9-15(16(10-13)28-2)29-11-17(25)26/h3-10,19H,11H2,1-2H3,(H,23,27)(H,25,26)(H2,22,24,30)/t19-/m0/s1. The fourth-order valence-corrected chi connectivity index (χ4v) is 3.36. The van der Waals surface area contributed by atoms with Gasteiger partial charge in [-0.3, -0.25) is 4.79 Å². The van der Waals surface area contributed by atoms with Crippen molar-refractivity contribution in [2.75, 3.05) is 19.0 Å². The number of benzene rings is 2. The first-order valence-electron chi connectivity index (χ1n) is 9.06. The summed E-state index contributed by atoms with van der Waals surface area (Å²) in [4.78, 5) is 23.8. The molecule has 9 heteroatoms. The van der Waals surface area contributed by atoms with Crippen molar-refractivity contribution in [3.63, 3.8) is 0 Å². The number of thiocarbonyl (C=S) groups is 1. The number of carboxylic acids is 1. The number of carbonyl (C=O) groups excluding carboxylic acids is 1. The molecular formula is C21H21N3O5S. The van der Waals surface area contributed by atoms with Crippen LogP contribution in [-0.4, -0.2) is 35.8 Å². The molecule has 8 nitrogen and oxygen atoms in total. The zero-order valence-corrected chi connectivity index (χ0v) is 17.2. The van der Waals surface area contributed by atoms with E-state index in [1.165, 1.54) is 7.11 Å². The van der Waals surface area contributed by atoms with Crippen molar-refractivity contribution in [3.8, 4) is 11.5 Å². The summed E-state index contributed by atoms with van der Waals surface area (Å²) >= 11 is 5.28. The van der Waals surface area contributed by atoms with Gasteiger partial charge in [-0.15, -0.1) is 0 Å². The molecule has 1 aliphatic rings. The lowest BCUT2D eigenvalue weighted by atomic mass is 9.94. The fourth-order valence-electron chi connectivity index (χ4n) is 3.09. The van der Waals surface area contributed by atoms with E-state index in [0.29, 0.717) is 33.4 Å². The Hall–Kier alpha value is -3.59. The van der Waals surface area contributed by atoms with Crippen LogP contribution in [0.3, 0.4) is 0 Å². The van der Waals surface area contributed by atoms with E-state index >= 15 is 0 Å². The van der Waals surface area contributed by atoms with Crippen LogP contribution in [0.5, 0.6) is 11.5 Å². The SMILES string of the molecule is COc1cc([C@@H]2NC(=S)NC(C)=C2C(=O)Nc2ccccc2)ccc1OCC(=O)O. The van der Waals surface area contributed by atoms with Crippen LogP contribution in [0.1, 0.15) is 18.5 Å². The van der Waals surface area contributed by atoms with Gasteiger partial charge in [0, 0.05) is 11.4 Å². The van der Waals surface area contributed by atoms with Crippen molar-refractivity contribution in [2.24, 2.45) is 0 Å². The number of hydrogen-bond donors (Lipinski definition) is 4. The first-order valence-corrected chi connectivity index (χ1v) is 9.47. The average Bonchev–Trinajstić information content (AvgIpc) is 2.72. The Kier molecular flexibility index (Phi) is 6.53. The number of hydrogen-bond acceptors (Lipinski definition) is 5. The normalized spacial score (nSPS) is 15.7. The molecule has 0 spiro atoms. The zero-order valence-electron chi connectivity index (χ0n) is 16.4. The maximum absolute atomic E-state index is 13.1. The van der Waals surface area contributed by atoms with Gasteiger partial charge in [0.25, 0.3) is 5.91 Å². The van der Waals surface area contributed by atoms with Crippen LogP contribution in [-0.2, 0) is 9.59 Å². The van der Waals surface area contributed by atoms with Crippen LogP contribution in [0.25, 0.3) is 0 Å². The fraction of sp³-hybridized carbons (Fsp3) is 0.190. The van der Waals surface area contributed by atoms with E-state index in [1.54, 1.807) is 37.3 Å². The smallest absolute Gasteiger partial charge is 0.341 e. The Morgan fingerprint density at radius 2 is 1.90 bits per heavy atom. The van der Waals surface area contributed by atoms with Crippen molar-refractivity contribution >= 4 is 34.9 Å². The lowest BCUT2D eigenvalue weighted by Crippen LogP contribution is -2.45. The Morgan fingerprint density at radius 3 is 2.57 bits per heavy atom. The molecule has 1 atom stereocenters. The van der Waals surface area contributed by atoms with Gasteiger partial charge in [-0.05, 0) is 49.0 Å². The summed E-state index contributed by atoms with van der Waals surface area (Å²) in [5, 5.41) is 18.2. The average molecular weight is 427 g/mol. The number of carbonyl (C=O) groups is 2. The first-order chi connectivity index (χ1) is 14.4. The van der Waals surface area contributed by atoms with Gasteiger partial charge < -0.3 is 30.5 Å². The summed E-state index contributed by atoms with van der Waals surface area (Å²) in [5.74, 6) is -0.738. The van der Waals surface area contributed by atoms with Gasteiger partial charge in [-0.1, -0.05) is 24.3 Å². The quantitative estimate of drug-likeness (QED) is 0.500. The molecule has 0 unspecified atom stereocenters. The lowest BCUT2D eigenvalue weighted by Gasteiger charge is -2.30. The van der Waals surface area contributed by atoms with Crippen LogP contribution in [0.4, 0.5) is 5.69 Å². The molecule has 3 rings (SSSR count). The third-order valence-corrected chi connectivity index (χ3v) is 4.64. The molecule has 30 heavy (non-hydrogen) atoms. The highest BCUT2D eigenvalue weighted by molar-refractivity contribution is 7.80. The van der Waals surface area contributed by atoms with Gasteiger partial charge in [0.15, 0.2) is 23.2 Å². The van der Waals surface area contributed by atoms with Crippen LogP contribution in [0.2, 0.25) is 0 Å². The third-order valence-electron chi connectivity index (χ3n) is 4.42. The molecule has 0 saturated carbocycles. The third kappa shape index (κ3) is 4.87. The molecule has 0 radical (unpaired) electrons. The molecule has 0 aromatic heterocycles. The molecule has 156 valence electrons. The van der Waals surface area contributed by atoms with Gasteiger partial charge in [0.1, 0.15) is 0 Å². The summed E-state index contributed by atoms with van der Waals surface area (Å²) in [6, 6.07) is 13.6. The van der Waals surface area contributed by atoms with Crippen molar-refractivity contribution in [2.45, 2.75) is 13.0 Å². The van der Waals surface area contributed by atoms with E-state index < -0.39 is 18.6 Å². The maximum Gasteiger partial charge on any atom is 0.341 e. The van der Waals surface area contributed by atoms with Crippen molar-refractivity contribution in [1.29, 1.82) is 0 Å². The molecule has 0 bridgehead atoms. The number of ether oxygens (including phenoxy) is 2. The Balaban J connectivity index is 1.93. The summed E-state index contributed by atoms with van der Waals surface area (Å²) in [7, 11) is 1.46. The second kappa shape index (κ2) is 9.27. The first kappa shape index (κ1) is 21.1.